The monoisotopic (exact) mass is 297 g/mol. The highest BCUT2D eigenvalue weighted by molar-refractivity contribution is 7.90. The highest BCUT2D eigenvalue weighted by atomic mass is 35.5. The molecule has 0 aliphatic carbocycles. The summed E-state index contributed by atoms with van der Waals surface area (Å²) in [6.45, 7) is 0. The highest BCUT2D eigenvalue weighted by Gasteiger charge is 2.14. The van der Waals surface area contributed by atoms with Gasteiger partial charge in [-0.25, -0.2) is 13.4 Å². The van der Waals surface area contributed by atoms with Crippen molar-refractivity contribution < 1.29 is 8.42 Å². The van der Waals surface area contributed by atoms with E-state index in [1.807, 2.05) is 0 Å². The molecule has 1 aromatic carbocycles. The molecule has 0 spiro atoms. The van der Waals surface area contributed by atoms with E-state index >= 15 is 0 Å². The number of sulfone groups is 1. The largest absolute Gasteiger partial charge is 0.399 e. The number of rotatable bonds is 3. The summed E-state index contributed by atoms with van der Waals surface area (Å²) in [6, 6.07) is 7.93. The van der Waals surface area contributed by atoms with Crippen LogP contribution in [0.3, 0.4) is 0 Å². The number of nitrogen functional groups attached to an aromatic ring is 1. The first-order valence-electron chi connectivity index (χ1n) is 5.35. The minimum Gasteiger partial charge on any atom is -0.399 e. The van der Waals surface area contributed by atoms with E-state index in [2.05, 4.69) is 10.3 Å². The summed E-state index contributed by atoms with van der Waals surface area (Å²) in [5.74, 6) is 0.220. The standard InChI is InChI=1S/C12H12ClN3O2S/c1-19(17,18)11-3-2-6-15-12(11)16-10-7-8(14)4-5-9(10)13/h2-7H,14H2,1H3,(H,15,16). The predicted octanol–water partition coefficient (Wildman–Crippen LogP) is 2.46. The van der Waals surface area contributed by atoms with Crippen molar-refractivity contribution >= 4 is 38.6 Å². The fourth-order valence-electron chi connectivity index (χ4n) is 1.55. The van der Waals surface area contributed by atoms with E-state index < -0.39 is 9.84 Å². The summed E-state index contributed by atoms with van der Waals surface area (Å²) in [7, 11) is -3.38. The number of nitrogens with two attached hydrogens (primary N) is 1. The maximum atomic E-state index is 11.7. The normalized spacial score (nSPS) is 11.3. The number of pyridine rings is 1. The Hall–Kier alpha value is -1.79. The minimum atomic E-state index is -3.38. The van der Waals surface area contributed by atoms with Crippen LogP contribution in [-0.4, -0.2) is 19.7 Å². The number of hydrogen-bond donors (Lipinski definition) is 2. The van der Waals surface area contributed by atoms with Gasteiger partial charge in [-0.3, -0.25) is 0 Å². The number of nitrogens with zero attached hydrogens (tertiary/aromatic N) is 1. The fraction of sp³-hybridized carbons (Fsp3) is 0.0833. The molecule has 0 saturated carbocycles. The molecule has 1 aromatic heterocycles. The molecule has 0 aliphatic heterocycles. The van der Waals surface area contributed by atoms with Gasteiger partial charge < -0.3 is 11.1 Å². The van der Waals surface area contributed by atoms with E-state index in [1.165, 1.54) is 12.3 Å². The van der Waals surface area contributed by atoms with Crippen molar-refractivity contribution in [1.29, 1.82) is 0 Å². The highest BCUT2D eigenvalue weighted by Crippen LogP contribution is 2.29. The number of anilines is 3. The van der Waals surface area contributed by atoms with E-state index in [9.17, 15) is 8.42 Å². The summed E-state index contributed by atoms with van der Waals surface area (Å²) >= 11 is 6.02. The average molecular weight is 298 g/mol. The number of aromatic nitrogens is 1. The van der Waals surface area contributed by atoms with Gasteiger partial charge in [-0.15, -0.1) is 0 Å². The van der Waals surface area contributed by atoms with Gasteiger partial charge in [0.15, 0.2) is 9.84 Å². The van der Waals surface area contributed by atoms with E-state index in [4.69, 9.17) is 17.3 Å². The summed E-state index contributed by atoms with van der Waals surface area (Å²) in [4.78, 5) is 4.13. The van der Waals surface area contributed by atoms with E-state index in [0.29, 0.717) is 16.4 Å². The molecule has 0 amide bonds. The van der Waals surface area contributed by atoms with Crippen molar-refractivity contribution in [3.63, 3.8) is 0 Å². The van der Waals surface area contributed by atoms with Gasteiger partial charge >= 0.3 is 0 Å². The Balaban J connectivity index is 2.47. The van der Waals surface area contributed by atoms with Crippen LogP contribution >= 0.6 is 11.6 Å². The number of halogens is 1. The minimum absolute atomic E-state index is 0.105. The van der Waals surface area contributed by atoms with E-state index in [-0.39, 0.29) is 10.7 Å². The Bertz CT molecular complexity index is 717. The van der Waals surface area contributed by atoms with Gasteiger partial charge in [0.2, 0.25) is 0 Å². The second kappa shape index (κ2) is 5.07. The molecular weight excluding hydrogens is 286 g/mol. The van der Waals surface area contributed by atoms with Crippen LogP contribution in [0.15, 0.2) is 41.4 Å². The lowest BCUT2D eigenvalue weighted by Gasteiger charge is -2.11. The van der Waals surface area contributed by atoms with Gasteiger partial charge in [-0.2, -0.15) is 0 Å². The van der Waals surface area contributed by atoms with E-state index in [1.54, 1.807) is 24.3 Å². The van der Waals surface area contributed by atoms with Gasteiger partial charge in [-0.1, -0.05) is 11.6 Å². The molecule has 0 unspecified atom stereocenters. The van der Waals surface area contributed by atoms with Crippen LogP contribution in [0.5, 0.6) is 0 Å². The fourth-order valence-corrected chi connectivity index (χ4v) is 2.50. The maximum Gasteiger partial charge on any atom is 0.179 e. The van der Waals surface area contributed by atoms with Crippen LogP contribution < -0.4 is 11.1 Å². The third kappa shape index (κ3) is 3.15. The third-order valence-corrected chi connectivity index (χ3v) is 3.87. The molecule has 5 nitrogen and oxygen atoms in total. The second-order valence-electron chi connectivity index (χ2n) is 3.99. The topological polar surface area (TPSA) is 85.1 Å². The first kappa shape index (κ1) is 13.6. The first-order chi connectivity index (χ1) is 8.88. The van der Waals surface area contributed by atoms with Gasteiger partial charge in [0.25, 0.3) is 0 Å². The molecule has 2 aromatic rings. The SMILES string of the molecule is CS(=O)(=O)c1cccnc1Nc1cc(N)ccc1Cl. The van der Waals surface area contributed by atoms with Crippen LogP contribution in [0.2, 0.25) is 5.02 Å². The first-order valence-corrected chi connectivity index (χ1v) is 7.62. The smallest absolute Gasteiger partial charge is 0.179 e. The molecule has 0 saturated heterocycles. The molecule has 100 valence electrons. The predicted molar refractivity (Wildman–Crippen MR) is 76.5 cm³/mol. The van der Waals surface area contributed by atoms with Crippen molar-refractivity contribution in [1.82, 2.24) is 4.98 Å². The molecule has 1 heterocycles. The Morgan fingerprint density at radius 1 is 1.32 bits per heavy atom. The van der Waals surface area contributed by atoms with Crippen molar-refractivity contribution in [3.05, 3.63) is 41.6 Å². The van der Waals surface area contributed by atoms with Crippen LogP contribution in [0.25, 0.3) is 0 Å². The lowest BCUT2D eigenvalue weighted by molar-refractivity contribution is 0.602. The molecule has 0 atom stereocenters. The average Bonchev–Trinajstić information content (AvgIpc) is 2.33. The Kier molecular flexibility index (Phi) is 3.64. The molecule has 7 heteroatoms. The van der Waals surface area contributed by atoms with Gasteiger partial charge in [0.1, 0.15) is 10.7 Å². The van der Waals surface area contributed by atoms with Gasteiger partial charge in [0.05, 0.1) is 10.7 Å². The van der Waals surface area contributed by atoms with Crippen molar-refractivity contribution in [2.24, 2.45) is 0 Å². The van der Waals surface area contributed by atoms with Gasteiger partial charge in [-0.05, 0) is 30.3 Å². The molecule has 3 N–H and O–H groups in total. The number of hydrogen-bond acceptors (Lipinski definition) is 5. The summed E-state index contributed by atoms with van der Waals surface area (Å²) in [5.41, 5.74) is 6.69. The zero-order valence-electron chi connectivity index (χ0n) is 10.1. The second-order valence-corrected chi connectivity index (χ2v) is 6.38. The maximum absolute atomic E-state index is 11.7. The van der Waals surface area contributed by atoms with E-state index in [0.717, 1.165) is 6.26 Å². The van der Waals surface area contributed by atoms with Crippen molar-refractivity contribution in [2.75, 3.05) is 17.3 Å². The third-order valence-electron chi connectivity index (χ3n) is 2.41. The molecule has 19 heavy (non-hydrogen) atoms. The zero-order chi connectivity index (χ0) is 14.0. The lowest BCUT2D eigenvalue weighted by atomic mass is 10.3. The van der Waals surface area contributed by atoms with Crippen LogP contribution in [0.4, 0.5) is 17.2 Å². The molecular formula is C12H12ClN3O2S. The summed E-state index contributed by atoms with van der Waals surface area (Å²) in [6.07, 6.45) is 2.62. The number of benzene rings is 1. The molecule has 0 bridgehead atoms. The van der Waals surface area contributed by atoms with Crippen LogP contribution in [0.1, 0.15) is 0 Å². The van der Waals surface area contributed by atoms with Crippen molar-refractivity contribution in [2.45, 2.75) is 4.90 Å². The Morgan fingerprint density at radius 2 is 2.05 bits per heavy atom. The lowest BCUT2D eigenvalue weighted by Crippen LogP contribution is -2.04. The van der Waals surface area contributed by atoms with Crippen LogP contribution in [0, 0.1) is 0 Å². The molecule has 0 aliphatic rings. The Morgan fingerprint density at radius 3 is 2.74 bits per heavy atom. The summed E-state index contributed by atoms with van der Waals surface area (Å²) < 4.78 is 23.3. The Labute approximate surface area is 116 Å². The molecule has 0 radical (unpaired) electrons. The van der Waals surface area contributed by atoms with Gasteiger partial charge in [0, 0.05) is 18.1 Å². The zero-order valence-corrected chi connectivity index (χ0v) is 11.7. The summed E-state index contributed by atoms with van der Waals surface area (Å²) in [5, 5.41) is 3.32. The number of nitrogens with one attached hydrogen (secondary N) is 1. The molecule has 2 rings (SSSR count). The molecule has 0 fully saturated rings. The quantitative estimate of drug-likeness (QED) is 0.850. The van der Waals surface area contributed by atoms with Crippen LogP contribution in [-0.2, 0) is 9.84 Å². The van der Waals surface area contributed by atoms with Crippen molar-refractivity contribution in [3.8, 4) is 0 Å².